The van der Waals surface area contributed by atoms with Gasteiger partial charge in [0.15, 0.2) is 0 Å². The van der Waals surface area contributed by atoms with Crippen LogP contribution in [0.5, 0.6) is 0 Å². The fraction of sp³-hybridized carbons (Fsp3) is 0.765. The lowest BCUT2D eigenvalue weighted by molar-refractivity contribution is -0.133. The standard InChI is InChI=1S/C17H27N3O2/c1-13-11-16(19-18-13)14-5-4-9-20(12-14)17(21)8-7-15-6-2-3-10-22-15/h11,14-15H,2-10,12H2,1H3,(H,18,19)/t14-,15+/m1/s1. The molecule has 0 spiro atoms. The molecule has 2 atom stereocenters. The van der Waals surface area contributed by atoms with Gasteiger partial charge in [-0.1, -0.05) is 0 Å². The Bertz CT molecular complexity index is 494. The van der Waals surface area contributed by atoms with Crippen molar-refractivity contribution < 1.29 is 9.53 Å². The molecule has 3 heterocycles. The molecular formula is C17H27N3O2. The van der Waals surface area contributed by atoms with Crippen molar-refractivity contribution in [1.82, 2.24) is 15.1 Å². The van der Waals surface area contributed by atoms with Crippen LogP contribution in [0.3, 0.4) is 0 Å². The molecule has 0 aromatic carbocycles. The summed E-state index contributed by atoms with van der Waals surface area (Å²) in [6, 6.07) is 2.11. The summed E-state index contributed by atoms with van der Waals surface area (Å²) in [7, 11) is 0. The number of aromatic amines is 1. The van der Waals surface area contributed by atoms with Gasteiger partial charge in [-0.2, -0.15) is 5.10 Å². The van der Waals surface area contributed by atoms with Gasteiger partial charge in [0.05, 0.1) is 11.8 Å². The van der Waals surface area contributed by atoms with E-state index in [9.17, 15) is 4.79 Å². The van der Waals surface area contributed by atoms with Crippen LogP contribution >= 0.6 is 0 Å². The SMILES string of the molecule is Cc1cc([C@@H]2CCCN(C(=O)CC[C@@H]3CCCCO3)C2)n[nH]1. The minimum absolute atomic E-state index is 0.283. The van der Waals surface area contributed by atoms with Crippen molar-refractivity contribution in [3.63, 3.8) is 0 Å². The van der Waals surface area contributed by atoms with Crippen molar-refractivity contribution >= 4 is 5.91 Å². The number of nitrogens with zero attached hydrogens (tertiary/aromatic N) is 2. The summed E-state index contributed by atoms with van der Waals surface area (Å²) in [5.74, 6) is 0.666. The van der Waals surface area contributed by atoms with Crippen LogP contribution in [0.4, 0.5) is 0 Å². The number of ether oxygens (including phenoxy) is 1. The van der Waals surface area contributed by atoms with E-state index in [-0.39, 0.29) is 5.91 Å². The maximum atomic E-state index is 12.5. The van der Waals surface area contributed by atoms with E-state index in [2.05, 4.69) is 16.3 Å². The Labute approximate surface area is 132 Å². The molecule has 22 heavy (non-hydrogen) atoms. The molecule has 2 saturated heterocycles. The first kappa shape index (κ1) is 15.5. The van der Waals surface area contributed by atoms with Crippen molar-refractivity contribution in [2.24, 2.45) is 0 Å². The summed E-state index contributed by atoms with van der Waals surface area (Å²) in [6.07, 6.45) is 7.51. The van der Waals surface area contributed by atoms with Crippen LogP contribution in [0.15, 0.2) is 6.07 Å². The normalized spacial score (nSPS) is 26.1. The highest BCUT2D eigenvalue weighted by Gasteiger charge is 2.26. The molecule has 0 aliphatic carbocycles. The molecule has 1 amide bonds. The predicted octanol–water partition coefficient (Wildman–Crippen LogP) is 2.77. The molecule has 1 aromatic rings. The lowest BCUT2D eigenvalue weighted by Crippen LogP contribution is -2.39. The lowest BCUT2D eigenvalue weighted by atomic mass is 9.94. The number of nitrogens with one attached hydrogen (secondary N) is 1. The van der Waals surface area contributed by atoms with Crippen molar-refractivity contribution in [1.29, 1.82) is 0 Å². The molecular weight excluding hydrogens is 278 g/mol. The van der Waals surface area contributed by atoms with Gasteiger partial charge in [0.1, 0.15) is 0 Å². The van der Waals surface area contributed by atoms with Gasteiger partial charge in [0.25, 0.3) is 0 Å². The van der Waals surface area contributed by atoms with E-state index in [1.807, 2.05) is 11.8 Å². The van der Waals surface area contributed by atoms with E-state index in [4.69, 9.17) is 4.74 Å². The summed E-state index contributed by atoms with van der Waals surface area (Å²) >= 11 is 0. The molecule has 0 saturated carbocycles. The third-order valence-electron chi connectivity index (χ3n) is 4.87. The van der Waals surface area contributed by atoms with Gasteiger partial charge in [-0.3, -0.25) is 9.89 Å². The summed E-state index contributed by atoms with van der Waals surface area (Å²) in [5.41, 5.74) is 2.19. The Balaban J connectivity index is 1.49. The Morgan fingerprint density at radius 2 is 2.32 bits per heavy atom. The number of likely N-dealkylation sites (tertiary alicyclic amines) is 1. The van der Waals surface area contributed by atoms with E-state index in [1.165, 1.54) is 12.8 Å². The first-order valence-corrected chi connectivity index (χ1v) is 8.63. The Morgan fingerprint density at radius 3 is 3.05 bits per heavy atom. The number of amides is 1. The van der Waals surface area contributed by atoms with Crippen LogP contribution in [-0.2, 0) is 9.53 Å². The minimum Gasteiger partial charge on any atom is -0.378 e. The molecule has 122 valence electrons. The van der Waals surface area contributed by atoms with Crippen molar-refractivity contribution in [3.05, 3.63) is 17.5 Å². The first-order valence-electron chi connectivity index (χ1n) is 8.63. The van der Waals surface area contributed by atoms with Gasteiger partial charge in [-0.15, -0.1) is 0 Å². The monoisotopic (exact) mass is 305 g/mol. The number of aromatic nitrogens is 2. The fourth-order valence-corrected chi connectivity index (χ4v) is 3.57. The van der Waals surface area contributed by atoms with Crippen LogP contribution in [0.1, 0.15) is 62.3 Å². The Hall–Kier alpha value is -1.36. The zero-order valence-electron chi connectivity index (χ0n) is 13.5. The molecule has 0 unspecified atom stereocenters. The van der Waals surface area contributed by atoms with Gasteiger partial charge in [0, 0.05) is 37.7 Å². The number of hydrogen-bond acceptors (Lipinski definition) is 3. The van der Waals surface area contributed by atoms with Crippen LogP contribution in [-0.4, -0.2) is 46.8 Å². The molecule has 5 heteroatoms. The molecule has 5 nitrogen and oxygen atoms in total. The van der Waals surface area contributed by atoms with E-state index in [0.29, 0.717) is 18.4 Å². The summed E-state index contributed by atoms with van der Waals surface area (Å²) in [5, 5.41) is 7.38. The number of piperidine rings is 1. The Morgan fingerprint density at radius 1 is 1.41 bits per heavy atom. The molecule has 0 radical (unpaired) electrons. The number of carbonyl (C=O) groups is 1. The summed E-state index contributed by atoms with van der Waals surface area (Å²) < 4.78 is 5.72. The zero-order chi connectivity index (χ0) is 15.4. The van der Waals surface area contributed by atoms with Crippen LogP contribution in [0.25, 0.3) is 0 Å². The van der Waals surface area contributed by atoms with E-state index >= 15 is 0 Å². The van der Waals surface area contributed by atoms with Gasteiger partial charge in [-0.05, 0) is 51.5 Å². The fourth-order valence-electron chi connectivity index (χ4n) is 3.57. The van der Waals surface area contributed by atoms with Gasteiger partial charge in [0.2, 0.25) is 5.91 Å². The molecule has 1 N–H and O–H groups in total. The summed E-state index contributed by atoms with van der Waals surface area (Å²) in [4.78, 5) is 14.5. The number of hydrogen-bond donors (Lipinski definition) is 1. The second kappa shape index (κ2) is 7.27. The van der Waals surface area contributed by atoms with Crippen LogP contribution in [0.2, 0.25) is 0 Å². The average molecular weight is 305 g/mol. The molecule has 2 fully saturated rings. The number of aryl methyl sites for hydroxylation is 1. The van der Waals surface area contributed by atoms with Crippen molar-refractivity contribution in [2.45, 2.75) is 63.9 Å². The second-order valence-electron chi connectivity index (χ2n) is 6.68. The maximum absolute atomic E-state index is 12.5. The van der Waals surface area contributed by atoms with Gasteiger partial charge >= 0.3 is 0 Å². The van der Waals surface area contributed by atoms with Gasteiger partial charge in [-0.25, -0.2) is 0 Å². The summed E-state index contributed by atoms with van der Waals surface area (Å²) in [6.45, 7) is 4.59. The minimum atomic E-state index is 0.283. The number of carbonyl (C=O) groups excluding carboxylic acids is 1. The molecule has 1 aromatic heterocycles. The highest BCUT2D eigenvalue weighted by molar-refractivity contribution is 5.76. The third kappa shape index (κ3) is 3.88. The lowest BCUT2D eigenvalue weighted by Gasteiger charge is -2.32. The van der Waals surface area contributed by atoms with E-state index in [1.54, 1.807) is 0 Å². The van der Waals surface area contributed by atoms with Crippen molar-refractivity contribution in [3.8, 4) is 0 Å². The van der Waals surface area contributed by atoms with E-state index in [0.717, 1.165) is 56.8 Å². The smallest absolute Gasteiger partial charge is 0.222 e. The highest BCUT2D eigenvalue weighted by Crippen LogP contribution is 2.27. The largest absolute Gasteiger partial charge is 0.378 e. The third-order valence-corrected chi connectivity index (χ3v) is 4.87. The average Bonchev–Trinajstić information content (AvgIpc) is 3.00. The molecule has 0 bridgehead atoms. The molecule has 3 rings (SSSR count). The molecule has 2 aliphatic heterocycles. The quantitative estimate of drug-likeness (QED) is 0.930. The van der Waals surface area contributed by atoms with Crippen LogP contribution in [0, 0.1) is 6.92 Å². The highest BCUT2D eigenvalue weighted by atomic mass is 16.5. The predicted molar refractivity (Wildman–Crippen MR) is 84.7 cm³/mol. The van der Waals surface area contributed by atoms with E-state index < -0.39 is 0 Å². The first-order chi connectivity index (χ1) is 10.7. The number of rotatable bonds is 4. The van der Waals surface area contributed by atoms with Crippen molar-refractivity contribution in [2.75, 3.05) is 19.7 Å². The Kier molecular flexibility index (Phi) is 5.13. The van der Waals surface area contributed by atoms with Gasteiger partial charge < -0.3 is 9.64 Å². The second-order valence-corrected chi connectivity index (χ2v) is 6.68. The topological polar surface area (TPSA) is 58.2 Å². The maximum Gasteiger partial charge on any atom is 0.222 e. The number of H-pyrrole nitrogens is 1. The van der Waals surface area contributed by atoms with Crippen LogP contribution < -0.4 is 0 Å². The molecule has 2 aliphatic rings. The zero-order valence-corrected chi connectivity index (χ0v) is 13.5.